The molecule has 0 atom stereocenters. The molecule has 0 saturated carbocycles. The van der Waals surface area contributed by atoms with Gasteiger partial charge >= 0.3 is 0 Å². The molecule has 0 fully saturated rings. The molecule has 0 saturated heterocycles. The van der Waals surface area contributed by atoms with Crippen molar-refractivity contribution in [2.24, 2.45) is 5.73 Å². The summed E-state index contributed by atoms with van der Waals surface area (Å²) in [6, 6.07) is 5.69. The number of likely N-dealkylation sites (N-methyl/N-ethyl adjacent to an activating group) is 1. The van der Waals surface area contributed by atoms with Crippen LogP contribution in [-0.2, 0) is 16.0 Å². The third-order valence-electron chi connectivity index (χ3n) is 2.88. The van der Waals surface area contributed by atoms with Gasteiger partial charge in [0.25, 0.3) is 5.91 Å². The van der Waals surface area contributed by atoms with E-state index >= 15 is 0 Å². The van der Waals surface area contributed by atoms with Crippen LogP contribution in [0.4, 0.5) is 5.69 Å². The molecule has 1 aliphatic heterocycles. The lowest BCUT2D eigenvalue weighted by Crippen LogP contribution is -2.32. The summed E-state index contributed by atoms with van der Waals surface area (Å²) in [4.78, 5) is 23.9. The van der Waals surface area contributed by atoms with Gasteiger partial charge in [0.2, 0.25) is 5.91 Å². The summed E-state index contributed by atoms with van der Waals surface area (Å²) in [5.74, 6) is 0.206. The number of fused-ring (bicyclic) bond motifs is 1. The summed E-state index contributed by atoms with van der Waals surface area (Å²) in [6.45, 7) is 1.02. The summed E-state index contributed by atoms with van der Waals surface area (Å²) < 4.78 is 5.29. The number of amides is 2. The maximum Gasteiger partial charge on any atom is 0.262 e. The molecule has 0 unspecified atom stereocenters. The first-order valence-electron chi connectivity index (χ1n) is 6.07. The van der Waals surface area contributed by atoms with E-state index in [1.807, 2.05) is 30.1 Å². The Kier molecular flexibility index (Phi) is 4.01. The van der Waals surface area contributed by atoms with Crippen LogP contribution in [0.15, 0.2) is 18.2 Å². The van der Waals surface area contributed by atoms with E-state index in [-0.39, 0.29) is 25.0 Å². The van der Waals surface area contributed by atoms with Crippen LogP contribution in [0.25, 0.3) is 0 Å². The first kappa shape index (κ1) is 13.4. The van der Waals surface area contributed by atoms with Crippen LogP contribution in [0, 0.1) is 0 Å². The SMILES string of the molecule is CN(CCc1ccc2c(c1)NC(=O)CO2)CC(N)=O. The molecular weight excluding hydrogens is 246 g/mol. The Morgan fingerprint density at radius 2 is 2.32 bits per heavy atom. The molecule has 102 valence electrons. The number of nitrogens with one attached hydrogen (secondary N) is 1. The van der Waals surface area contributed by atoms with Gasteiger partial charge in [0.15, 0.2) is 6.61 Å². The Balaban J connectivity index is 1.96. The highest BCUT2D eigenvalue weighted by atomic mass is 16.5. The molecule has 0 aromatic heterocycles. The third-order valence-corrected chi connectivity index (χ3v) is 2.88. The molecule has 0 bridgehead atoms. The van der Waals surface area contributed by atoms with Gasteiger partial charge in [-0.1, -0.05) is 6.07 Å². The van der Waals surface area contributed by atoms with Gasteiger partial charge in [-0.15, -0.1) is 0 Å². The van der Waals surface area contributed by atoms with E-state index in [2.05, 4.69) is 5.32 Å². The van der Waals surface area contributed by atoms with Crippen molar-refractivity contribution >= 4 is 17.5 Å². The number of hydrogen-bond donors (Lipinski definition) is 2. The van der Waals surface area contributed by atoms with Crippen molar-refractivity contribution < 1.29 is 14.3 Å². The zero-order valence-electron chi connectivity index (χ0n) is 10.8. The zero-order chi connectivity index (χ0) is 13.8. The van der Waals surface area contributed by atoms with Crippen molar-refractivity contribution in [2.45, 2.75) is 6.42 Å². The number of hydrogen-bond acceptors (Lipinski definition) is 4. The van der Waals surface area contributed by atoms with Crippen LogP contribution in [0.1, 0.15) is 5.56 Å². The Morgan fingerprint density at radius 3 is 3.05 bits per heavy atom. The van der Waals surface area contributed by atoms with Crippen LogP contribution in [0.2, 0.25) is 0 Å². The number of carbonyl (C=O) groups excluding carboxylic acids is 2. The number of primary amides is 1. The highest BCUT2D eigenvalue weighted by Gasteiger charge is 2.15. The maximum absolute atomic E-state index is 11.2. The van der Waals surface area contributed by atoms with Gasteiger partial charge in [0, 0.05) is 6.54 Å². The molecule has 6 nitrogen and oxygen atoms in total. The second kappa shape index (κ2) is 5.71. The Bertz CT molecular complexity index is 502. The van der Waals surface area contributed by atoms with E-state index in [9.17, 15) is 9.59 Å². The Labute approximate surface area is 111 Å². The van der Waals surface area contributed by atoms with Crippen molar-refractivity contribution in [1.82, 2.24) is 4.90 Å². The highest BCUT2D eigenvalue weighted by Crippen LogP contribution is 2.28. The molecule has 6 heteroatoms. The number of nitrogens with zero attached hydrogens (tertiary/aromatic N) is 1. The fourth-order valence-corrected chi connectivity index (χ4v) is 1.95. The van der Waals surface area contributed by atoms with Gasteiger partial charge in [-0.05, 0) is 31.2 Å². The minimum Gasteiger partial charge on any atom is -0.482 e. The molecule has 1 aliphatic rings. The highest BCUT2D eigenvalue weighted by molar-refractivity contribution is 5.95. The predicted octanol–water partition coefficient (Wildman–Crippen LogP) is -0.0229. The standard InChI is InChI=1S/C13H17N3O3/c1-16(7-12(14)17)5-4-9-2-3-11-10(6-9)15-13(18)8-19-11/h2-3,6H,4-5,7-8H2,1H3,(H2,14,17)(H,15,18). The number of benzene rings is 1. The van der Waals surface area contributed by atoms with E-state index in [1.54, 1.807) is 0 Å². The van der Waals surface area contributed by atoms with Gasteiger partial charge in [-0.3, -0.25) is 14.5 Å². The van der Waals surface area contributed by atoms with Crippen molar-refractivity contribution in [2.75, 3.05) is 32.1 Å². The average Bonchev–Trinajstić information content (AvgIpc) is 2.35. The quantitative estimate of drug-likeness (QED) is 0.781. The number of nitrogens with two attached hydrogens (primary N) is 1. The third kappa shape index (κ3) is 3.69. The summed E-state index contributed by atoms with van der Waals surface area (Å²) in [5.41, 5.74) is 6.89. The predicted molar refractivity (Wildman–Crippen MR) is 71.0 cm³/mol. The molecule has 1 heterocycles. The van der Waals surface area contributed by atoms with Crippen LogP contribution in [0.3, 0.4) is 0 Å². The summed E-state index contributed by atoms with van der Waals surface area (Å²) >= 11 is 0. The Hall–Kier alpha value is -2.08. The molecule has 2 amide bonds. The molecule has 3 N–H and O–H groups in total. The van der Waals surface area contributed by atoms with Crippen LogP contribution >= 0.6 is 0 Å². The van der Waals surface area contributed by atoms with E-state index in [0.29, 0.717) is 11.4 Å². The minimum absolute atomic E-state index is 0.0632. The van der Waals surface area contributed by atoms with Crippen LogP contribution in [0.5, 0.6) is 5.75 Å². The number of rotatable bonds is 5. The van der Waals surface area contributed by atoms with Crippen molar-refractivity contribution in [3.05, 3.63) is 23.8 Å². The van der Waals surface area contributed by atoms with Gasteiger partial charge in [-0.25, -0.2) is 0 Å². The molecule has 0 aliphatic carbocycles. The van der Waals surface area contributed by atoms with Crippen molar-refractivity contribution in [3.8, 4) is 5.75 Å². The topological polar surface area (TPSA) is 84.7 Å². The smallest absolute Gasteiger partial charge is 0.262 e. The van der Waals surface area contributed by atoms with Gasteiger partial charge in [0.1, 0.15) is 5.75 Å². The largest absolute Gasteiger partial charge is 0.482 e. The Morgan fingerprint density at radius 1 is 1.53 bits per heavy atom. The zero-order valence-corrected chi connectivity index (χ0v) is 10.8. The fourth-order valence-electron chi connectivity index (χ4n) is 1.95. The first-order valence-corrected chi connectivity index (χ1v) is 6.07. The van der Waals surface area contributed by atoms with Crippen LogP contribution < -0.4 is 15.8 Å². The fraction of sp³-hybridized carbons (Fsp3) is 0.385. The van der Waals surface area contributed by atoms with Gasteiger partial charge in [-0.2, -0.15) is 0 Å². The van der Waals surface area contributed by atoms with E-state index < -0.39 is 0 Å². The van der Waals surface area contributed by atoms with Crippen molar-refractivity contribution in [3.63, 3.8) is 0 Å². The average molecular weight is 263 g/mol. The molecule has 1 aromatic rings. The first-order chi connectivity index (χ1) is 9.04. The molecule has 19 heavy (non-hydrogen) atoms. The molecule has 0 radical (unpaired) electrons. The molecule has 0 spiro atoms. The lowest BCUT2D eigenvalue weighted by atomic mass is 10.1. The number of ether oxygens (including phenoxy) is 1. The summed E-state index contributed by atoms with van der Waals surface area (Å²) in [6.07, 6.45) is 0.771. The normalized spacial score (nSPS) is 13.7. The van der Waals surface area contributed by atoms with Gasteiger partial charge in [0.05, 0.1) is 12.2 Å². The second-order valence-corrected chi connectivity index (χ2v) is 4.62. The minimum atomic E-state index is -0.339. The molecule has 1 aromatic carbocycles. The lowest BCUT2D eigenvalue weighted by molar-refractivity contribution is -0.119. The van der Waals surface area contributed by atoms with E-state index in [4.69, 9.17) is 10.5 Å². The molecular formula is C13H17N3O3. The second-order valence-electron chi connectivity index (χ2n) is 4.62. The summed E-state index contributed by atoms with van der Waals surface area (Å²) in [5, 5.41) is 2.77. The van der Waals surface area contributed by atoms with Gasteiger partial charge < -0.3 is 15.8 Å². The number of anilines is 1. The summed E-state index contributed by atoms with van der Waals surface area (Å²) in [7, 11) is 1.84. The van der Waals surface area contributed by atoms with Crippen molar-refractivity contribution in [1.29, 1.82) is 0 Å². The lowest BCUT2D eigenvalue weighted by Gasteiger charge is -2.19. The van der Waals surface area contributed by atoms with E-state index in [1.165, 1.54) is 0 Å². The molecule has 2 rings (SSSR count). The number of carbonyl (C=O) groups is 2. The van der Waals surface area contributed by atoms with E-state index in [0.717, 1.165) is 18.5 Å². The maximum atomic E-state index is 11.2. The van der Waals surface area contributed by atoms with Crippen LogP contribution in [-0.4, -0.2) is 43.5 Å². The monoisotopic (exact) mass is 263 g/mol.